The molecule has 0 heterocycles. The lowest BCUT2D eigenvalue weighted by Crippen LogP contribution is -2.53. The van der Waals surface area contributed by atoms with Gasteiger partial charge in [0.05, 0.1) is 0 Å². The first kappa shape index (κ1) is 12.9. The first-order valence-electron chi connectivity index (χ1n) is 8.47. The smallest absolute Gasteiger partial charge is 0.00133 e. The molecule has 20 heavy (non-hydrogen) atoms. The fourth-order valence-electron chi connectivity index (χ4n) is 6.09. The first-order valence-corrected chi connectivity index (χ1v) is 8.47. The van der Waals surface area contributed by atoms with Gasteiger partial charge >= 0.3 is 0 Å². The van der Waals surface area contributed by atoms with Crippen molar-refractivity contribution >= 4 is 0 Å². The minimum Gasteiger partial charge on any atom is -0.328 e. The first-order chi connectivity index (χ1) is 9.66. The predicted octanol–water partition coefficient (Wildman–Crippen LogP) is 4.12. The van der Waals surface area contributed by atoms with E-state index < -0.39 is 0 Å². The summed E-state index contributed by atoms with van der Waals surface area (Å²) in [4.78, 5) is 0. The highest BCUT2D eigenvalue weighted by Crippen LogP contribution is 2.63. The highest BCUT2D eigenvalue weighted by atomic mass is 14.6. The summed E-state index contributed by atoms with van der Waals surface area (Å²) < 4.78 is 0. The highest BCUT2D eigenvalue weighted by Gasteiger charge is 2.55. The van der Waals surface area contributed by atoms with Crippen LogP contribution in [-0.2, 0) is 5.41 Å². The van der Waals surface area contributed by atoms with Crippen LogP contribution in [0.1, 0.15) is 51.0 Å². The molecular formula is C19H27N. The Hall–Kier alpha value is -0.820. The van der Waals surface area contributed by atoms with Gasteiger partial charge in [0.15, 0.2) is 0 Å². The molecule has 1 aromatic carbocycles. The molecule has 1 aromatic rings. The van der Waals surface area contributed by atoms with Gasteiger partial charge in [0.2, 0.25) is 0 Å². The number of hydrogen-bond donors (Lipinski definition) is 1. The second-order valence-corrected chi connectivity index (χ2v) is 7.99. The fraction of sp³-hybridized carbons (Fsp3) is 0.684. The zero-order chi connectivity index (χ0) is 13.7. The summed E-state index contributed by atoms with van der Waals surface area (Å²) in [6.07, 6.45) is 8.55. The van der Waals surface area contributed by atoms with E-state index in [2.05, 4.69) is 37.3 Å². The summed E-state index contributed by atoms with van der Waals surface area (Å²) in [5.41, 5.74) is 8.26. The van der Waals surface area contributed by atoms with Crippen molar-refractivity contribution in [1.82, 2.24) is 0 Å². The third kappa shape index (κ3) is 1.94. The minimum absolute atomic E-state index is 0.380. The molecular weight excluding hydrogens is 242 g/mol. The van der Waals surface area contributed by atoms with E-state index >= 15 is 0 Å². The Morgan fingerprint density at radius 3 is 2.35 bits per heavy atom. The van der Waals surface area contributed by atoms with E-state index in [1.165, 1.54) is 38.5 Å². The van der Waals surface area contributed by atoms with Gasteiger partial charge in [0.25, 0.3) is 0 Å². The van der Waals surface area contributed by atoms with Crippen LogP contribution < -0.4 is 5.73 Å². The van der Waals surface area contributed by atoms with Gasteiger partial charge in [0, 0.05) is 6.04 Å². The van der Waals surface area contributed by atoms with Gasteiger partial charge in [-0.05, 0) is 80.1 Å². The van der Waals surface area contributed by atoms with Crippen molar-refractivity contribution < 1.29 is 0 Å². The zero-order valence-corrected chi connectivity index (χ0v) is 12.6. The number of rotatable bonds is 3. The van der Waals surface area contributed by atoms with Crippen LogP contribution in [0.4, 0.5) is 0 Å². The Balaban J connectivity index is 1.65. The van der Waals surface area contributed by atoms with Crippen molar-refractivity contribution in [3.05, 3.63) is 35.9 Å². The standard InChI is InChI=1S/C19H27N/c1-13(20)7-18-15-8-14-9-16(18)12-19(10-14,11-15)17-5-3-2-4-6-17/h2-6,13-16,18H,7-12,20H2,1H3. The Morgan fingerprint density at radius 1 is 1.10 bits per heavy atom. The normalized spacial score (nSPS) is 43.7. The summed E-state index contributed by atoms with van der Waals surface area (Å²) in [7, 11) is 0. The van der Waals surface area contributed by atoms with E-state index in [1.807, 2.05) is 0 Å². The second kappa shape index (κ2) is 4.59. The van der Waals surface area contributed by atoms with E-state index in [0.29, 0.717) is 11.5 Å². The van der Waals surface area contributed by atoms with Crippen molar-refractivity contribution in [2.24, 2.45) is 29.4 Å². The lowest BCUT2D eigenvalue weighted by Gasteiger charge is -2.61. The third-order valence-corrected chi connectivity index (χ3v) is 6.50. The van der Waals surface area contributed by atoms with Crippen LogP contribution in [-0.4, -0.2) is 6.04 Å². The third-order valence-electron chi connectivity index (χ3n) is 6.50. The molecule has 3 atom stereocenters. The molecule has 0 aliphatic heterocycles. The molecule has 1 heteroatoms. The molecule has 4 saturated carbocycles. The molecule has 0 aromatic heterocycles. The molecule has 108 valence electrons. The summed E-state index contributed by atoms with van der Waals surface area (Å²) in [5, 5.41) is 0. The van der Waals surface area contributed by atoms with Crippen LogP contribution in [0.2, 0.25) is 0 Å². The molecule has 0 radical (unpaired) electrons. The van der Waals surface area contributed by atoms with Gasteiger partial charge in [-0.1, -0.05) is 30.3 Å². The highest BCUT2D eigenvalue weighted by molar-refractivity contribution is 5.29. The maximum absolute atomic E-state index is 6.12. The lowest BCUT2D eigenvalue weighted by atomic mass is 9.44. The van der Waals surface area contributed by atoms with Gasteiger partial charge < -0.3 is 5.73 Å². The number of nitrogens with two attached hydrogens (primary N) is 1. The maximum atomic E-state index is 6.12. The number of hydrogen-bond acceptors (Lipinski definition) is 1. The van der Waals surface area contributed by atoms with Crippen LogP contribution in [0.5, 0.6) is 0 Å². The van der Waals surface area contributed by atoms with Crippen LogP contribution in [0.3, 0.4) is 0 Å². The van der Waals surface area contributed by atoms with E-state index in [0.717, 1.165) is 23.7 Å². The maximum Gasteiger partial charge on any atom is 0.00133 e. The number of benzene rings is 1. The molecule has 1 nitrogen and oxygen atoms in total. The van der Waals surface area contributed by atoms with Gasteiger partial charge in [0.1, 0.15) is 0 Å². The topological polar surface area (TPSA) is 26.0 Å². The molecule has 4 aliphatic carbocycles. The molecule has 4 bridgehead atoms. The fourth-order valence-corrected chi connectivity index (χ4v) is 6.09. The SMILES string of the molecule is CC(N)CC1C2CC3CC1CC(c1ccccc1)(C3)C2. The van der Waals surface area contributed by atoms with Crippen molar-refractivity contribution in [3.8, 4) is 0 Å². The van der Waals surface area contributed by atoms with Gasteiger partial charge in [-0.2, -0.15) is 0 Å². The van der Waals surface area contributed by atoms with Crippen molar-refractivity contribution in [2.75, 3.05) is 0 Å². The monoisotopic (exact) mass is 269 g/mol. The van der Waals surface area contributed by atoms with Crippen molar-refractivity contribution in [3.63, 3.8) is 0 Å². The van der Waals surface area contributed by atoms with Gasteiger partial charge in [-0.25, -0.2) is 0 Å². The average Bonchev–Trinajstić information content (AvgIpc) is 2.43. The summed E-state index contributed by atoms with van der Waals surface area (Å²) >= 11 is 0. The van der Waals surface area contributed by atoms with E-state index in [1.54, 1.807) is 5.56 Å². The van der Waals surface area contributed by atoms with Crippen LogP contribution in [0, 0.1) is 23.7 Å². The summed E-state index contributed by atoms with van der Waals surface area (Å²) in [6, 6.07) is 11.8. The molecule has 3 unspecified atom stereocenters. The summed E-state index contributed by atoms with van der Waals surface area (Å²) in [6.45, 7) is 2.19. The van der Waals surface area contributed by atoms with Gasteiger partial charge in [-0.3, -0.25) is 0 Å². The molecule has 2 N–H and O–H groups in total. The second-order valence-electron chi connectivity index (χ2n) is 7.99. The van der Waals surface area contributed by atoms with E-state index in [9.17, 15) is 0 Å². The van der Waals surface area contributed by atoms with Crippen molar-refractivity contribution in [1.29, 1.82) is 0 Å². The molecule has 5 rings (SSSR count). The lowest BCUT2D eigenvalue weighted by molar-refractivity contribution is -0.0606. The Bertz CT molecular complexity index is 462. The minimum atomic E-state index is 0.380. The largest absolute Gasteiger partial charge is 0.328 e. The molecule has 0 amide bonds. The Morgan fingerprint density at radius 2 is 1.75 bits per heavy atom. The molecule has 0 saturated heterocycles. The van der Waals surface area contributed by atoms with E-state index in [-0.39, 0.29) is 0 Å². The molecule has 0 spiro atoms. The Kier molecular flexibility index (Phi) is 2.96. The average molecular weight is 269 g/mol. The van der Waals surface area contributed by atoms with Crippen LogP contribution >= 0.6 is 0 Å². The Labute approximate surface area is 122 Å². The zero-order valence-electron chi connectivity index (χ0n) is 12.6. The van der Waals surface area contributed by atoms with Crippen LogP contribution in [0.15, 0.2) is 30.3 Å². The quantitative estimate of drug-likeness (QED) is 0.877. The summed E-state index contributed by atoms with van der Waals surface area (Å²) in [5.74, 6) is 3.82. The molecule has 4 fully saturated rings. The van der Waals surface area contributed by atoms with Crippen molar-refractivity contribution in [2.45, 2.75) is 56.9 Å². The predicted molar refractivity (Wildman–Crippen MR) is 83.4 cm³/mol. The van der Waals surface area contributed by atoms with Crippen LogP contribution in [0.25, 0.3) is 0 Å². The van der Waals surface area contributed by atoms with Gasteiger partial charge in [-0.15, -0.1) is 0 Å². The van der Waals surface area contributed by atoms with E-state index in [4.69, 9.17) is 5.73 Å². The molecule has 4 aliphatic rings.